The second-order valence-corrected chi connectivity index (χ2v) is 6.68. The Morgan fingerprint density at radius 3 is 2.11 bits per heavy atom. The lowest BCUT2D eigenvalue weighted by Gasteiger charge is -2.16. The maximum atomic E-state index is 6.47. The van der Waals surface area contributed by atoms with E-state index in [1.54, 1.807) is 7.11 Å². The van der Waals surface area contributed by atoms with Gasteiger partial charge in [-0.15, -0.1) is 0 Å². The first-order valence-electron chi connectivity index (χ1n) is 6.63. The Labute approximate surface area is 111 Å². The van der Waals surface area contributed by atoms with Gasteiger partial charge in [-0.05, 0) is 40.9 Å². The van der Waals surface area contributed by atoms with Gasteiger partial charge in [-0.3, -0.25) is 0 Å². The molecule has 2 rings (SSSR count). The molecule has 0 radical (unpaired) electrons. The van der Waals surface area contributed by atoms with Gasteiger partial charge in [0.25, 0.3) is 0 Å². The van der Waals surface area contributed by atoms with E-state index in [0.717, 1.165) is 11.3 Å². The summed E-state index contributed by atoms with van der Waals surface area (Å²) in [5.41, 5.74) is 9.48. The summed E-state index contributed by atoms with van der Waals surface area (Å²) in [5.74, 6) is 1.47. The standard InChI is InChI=1S/C16H25NO/c1-10-9-11(7-8-12(10)18-6)13(17)14-15(2,3)16(14,4)5/h7-9,13-14H,17H2,1-6H3. The largest absolute Gasteiger partial charge is 0.496 e. The van der Waals surface area contributed by atoms with Crippen LogP contribution in [0.25, 0.3) is 0 Å². The van der Waals surface area contributed by atoms with E-state index in [1.807, 2.05) is 6.07 Å². The Morgan fingerprint density at radius 2 is 1.72 bits per heavy atom. The van der Waals surface area contributed by atoms with E-state index in [9.17, 15) is 0 Å². The normalized spacial score (nSPS) is 22.6. The molecule has 0 aromatic heterocycles. The van der Waals surface area contributed by atoms with Gasteiger partial charge >= 0.3 is 0 Å². The molecule has 2 N–H and O–H groups in total. The molecule has 1 atom stereocenters. The van der Waals surface area contributed by atoms with Crippen molar-refractivity contribution in [2.75, 3.05) is 7.11 Å². The molecule has 1 aromatic carbocycles. The number of ether oxygens (including phenoxy) is 1. The Bertz CT molecular complexity index is 448. The molecular weight excluding hydrogens is 222 g/mol. The van der Waals surface area contributed by atoms with Gasteiger partial charge in [-0.1, -0.05) is 39.8 Å². The van der Waals surface area contributed by atoms with E-state index < -0.39 is 0 Å². The number of nitrogens with two attached hydrogens (primary N) is 1. The molecule has 0 spiro atoms. The highest BCUT2D eigenvalue weighted by atomic mass is 16.5. The van der Waals surface area contributed by atoms with Crippen molar-refractivity contribution in [3.8, 4) is 5.75 Å². The molecule has 2 heteroatoms. The first-order chi connectivity index (χ1) is 8.23. The second kappa shape index (κ2) is 3.99. The van der Waals surface area contributed by atoms with E-state index >= 15 is 0 Å². The van der Waals surface area contributed by atoms with Crippen molar-refractivity contribution in [2.24, 2.45) is 22.5 Å². The minimum atomic E-state index is 0.111. The minimum Gasteiger partial charge on any atom is -0.496 e. The summed E-state index contributed by atoms with van der Waals surface area (Å²) in [6.07, 6.45) is 0. The van der Waals surface area contributed by atoms with Gasteiger partial charge in [-0.2, -0.15) is 0 Å². The third-order valence-corrected chi connectivity index (χ3v) is 5.30. The molecular formula is C16H25NO. The molecule has 1 unspecified atom stereocenters. The van der Waals surface area contributed by atoms with Crippen molar-refractivity contribution in [2.45, 2.75) is 40.7 Å². The summed E-state index contributed by atoms with van der Waals surface area (Å²) in [5, 5.41) is 0. The Hall–Kier alpha value is -1.02. The highest BCUT2D eigenvalue weighted by Gasteiger charge is 2.66. The summed E-state index contributed by atoms with van der Waals surface area (Å²) in [7, 11) is 1.70. The molecule has 0 heterocycles. The predicted octanol–water partition coefficient (Wildman–Crippen LogP) is 3.69. The van der Waals surface area contributed by atoms with Crippen LogP contribution in [0.5, 0.6) is 5.75 Å². The molecule has 1 saturated carbocycles. The van der Waals surface area contributed by atoms with E-state index in [1.165, 1.54) is 5.56 Å². The van der Waals surface area contributed by atoms with Gasteiger partial charge in [0.1, 0.15) is 5.75 Å². The molecule has 0 aliphatic heterocycles. The number of hydrogen-bond donors (Lipinski definition) is 1. The van der Waals surface area contributed by atoms with Crippen LogP contribution in [-0.4, -0.2) is 7.11 Å². The van der Waals surface area contributed by atoms with Gasteiger partial charge in [0, 0.05) is 6.04 Å². The predicted molar refractivity (Wildman–Crippen MR) is 75.7 cm³/mol. The molecule has 100 valence electrons. The van der Waals surface area contributed by atoms with Crippen LogP contribution in [-0.2, 0) is 0 Å². The molecule has 1 fully saturated rings. The highest BCUT2D eigenvalue weighted by Crippen LogP contribution is 2.71. The van der Waals surface area contributed by atoms with Gasteiger partial charge < -0.3 is 10.5 Å². The molecule has 0 amide bonds. The number of methoxy groups -OCH3 is 1. The Morgan fingerprint density at radius 1 is 1.17 bits per heavy atom. The molecule has 0 saturated heterocycles. The van der Waals surface area contributed by atoms with E-state index in [4.69, 9.17) is 10.5 Å². The van der Waals surface area contributed by atoms with E-state index in [-0.39, 0.29) is 6.04 Å². The fourth-order valence-electron chi connectivity index (χ4n) is 3.45. The van der Waals surface area contributed by atoms with Crippen LogP contribution in [0, 0.1) is 23.7 Å². The Balaban J connectivity index is 2.26. The summed E-state index contributed by atoms with van der Waals surface area (Å²) in [6.45, 7) is 11.3. The lowest BCUT2D eigenvalue weighted by molar-refractivity contribution is 0.411. The van der Waals surface area contributed by atoms with Crippen LogP contribution >= 0.6 is 0 Å². The SMILES string of the molecule is COc1ccc(C(N)C2C(C)(C)C2(C)C)cc1C. The van der Waals surface area contributed by atoms with Crippen LogP contribution in [0.15, 0.2) is 18.2 Å². The maximum absolute atomic E-state index is 6.47. The molecule has 2 nitrogen and oxygen atoms in total. The zero-order chi connectivity index (χ0) is 13.7. The molecule has 0 bridgehead atoms. The maximum Gasteiger partial charge on any atom is 0.121 e. The van der Waals surface area contributed by atoms with Crippen LogP contribution in [0.3, 0.4) is 0 Å². The fraction of sp³-hybridized carbons (Fsp3) is 0.625. The van der Waals surface area contributed by atoms with Crippen molar-refractivity contribution < 1.29 is 4.74 Å². The van der Waals surface area contributed by atoms with Crippen molar-refractivity contribution in [1.82, 2.24) is 0 Å². The summed E-state index contributed by atoms with van der Waals surface area (Å²) in [4.78, 5) is 0. The lowest BCUT2D eigenvalue weighted by Crippen LogP contribution is -2.16. The van der Waals surface area contributed by atoms with E-state index in [2.05, 4.69) is 46.8 Å². The quantitative estimate of drug-likeness (QED) is 0.884. The topological polar surface area (TPSA) is 35.2 Å². The summed E-state index contributed by atoms with van der Waals surface area (Å²) < 4.78 is 5.30. The Kier molecular flexibility index (Phi) is 2.97. The van der Waals surface area contributed by atoms with Gasteiger partial charge in [0.2, 0.25) is 0 Å². The molecule has 1 aliphatic carbocycles. The average molecular weight is 247 g/mol. The van der Waals surface area contributed by atoms with Crippen LogP contribution in [0.1, 0.15) is 44.9 Å². The van der Waals surface area contributed by atoms with Crippen LogP contribution in [0.2, 0.25) is 0 Å². The van der Waals surface area contributed by atoms with Gasteiger partial charge in [0.05, 0.1) is 7.11 Å². The van der Waals surface area contributed by atoms with Crippen LogP contribution < -0.4 is 10.5 Å². The molecule has 18 heavy (non-hydrogen) atoms. The van der Waals surface area contributed by atoms with E-state index in [0.29, 0.717) is 16.7 Å². The molecule has 1 aromatic rings. The summed E-state index contributed by atoms with van der Waals surface area (Å²) in [6, 6.07) is 6.39. The summed E-state index contributed by atoms with van der Waals surface area (Å²) >= 11 is 0. The zero-order valence-corrected chi connectivity index (χ0v) is 12.4. The first kappa shape index (κ1) is 13.4. The third kappa shape index (κ3) is 1.74. The number of rotatable bonds is 3. The number of hydrogen-bond acceptors (Lipinski definition) is 2. The van der Waals surface area contributed by atoms with Gasteiger partial charge in [-0.25, -0.2) is 0 Å². The highest BCUT2D eigenvalue weighted by molar-refractivity contribution is 5.38. The first-order valence-corrected chi connectivity index (χ1v) is 6.63. The average Bonchev–Trinajstić information content (AvgIpc) is 2.68. The van der Waals surface area contributed by atoms with Crippen molar-refractivity contribution >= 4 is 0 Å². The zero-order valence-electron chi connectivity index (χ0n) is 12.4. The smallest absolute Gasteiger partial charge is 0.121 e. The molecule has 1 aliphatic rings. The third-order valence-electron chi connectivity index (χ3n) is 5.30. The number of aryl methyl sites for hydroxylation is 1. The van der Waals surface area contributed by atoms with Gasteiger partial charge in [0.15, 0.2) is 0 Å². The lowest BCUT2D eigenvalue weighted by atomic mass is 9.96. The number of benzene rings is 1. The van der Waals surface area contributed by atoms with Crippen LogP contribution in [0.4, 0.5) is 0 Å². The van der Waals surface area contributed by atoms with Crippen molar-refractivity contribution in [3.63, 3.8) is 0 Å². The van der Waals surface area contributed by atoms with Crippen molar-refractivity contribution in [1.29, 1.82) is 0 Å². The monoisotopic (exact) mass is 247 g/mol. The fourth-order valence-corrected chi connectivity index (χ4v) is 3.45. The second-order valence-electron chi connectivity index (χ2n) is 6.68. The van der Waals surface area contributed by atoms with Crippen molar-refractivity contribution in [3.05, 3.63) is 29.3 Å². The minimum absolute atomic E-state index is 0.111.